The van der Waals surface area contributed by atoms with Gasteiger partial charge >= 0.3 is 0 Å². The second kappa shape index (κ2) is 6.91. The van der Waals surface area contributed by atoms with Crippen LogP contribution in [0.3, 0.4) is 0 Å². The summed E-state index contributed by atoms with van der Waals surface area (Å²) >= 11 is 0. The van der Waals surface area contributed by atoms with Gasteiger partial charge in [0.05, 0.1) is 13.2 Å². The van der Waals surface area contributed by atoms with Crippen LogP contribution < -0.4 is 0 Å². The van der Waals surface area contributed by atoms with E-state index in [1.807, 2.05) is 19.1 Å². The molecule has 6 nitrogen and oxygen atoms in total. The second-order valence-electron chi connectivity index (χ2n) is 5.77. The van der Waals surface area contributed by atoms with Gasteiger partial charge in [-0.15, -0.1) is 0 Å². The summed E-state index contributed by atoms with van der Waals surface area (Å²) in [4.78, 5) is 18.6. The number of aromatic nitrogens is 2. The fourth-order valence-electron chi connectivity index (χ4n) is 2.74. The number of morpholine rings is 1. The van der Waals surface area contributed by atoms with Gasteiger partial charge in [0.25, 0.3) is 5.91 Å². The highest BCUT2D eigenvalue weighted by Crippen LogP contribution is 2.23. The van der Waals surface area contributed by atoms with Crippen LogP contribution in [0.1, 0.15) is 47.0 Å². The van der Waals surface area contributed by atoms with Crippen LogP contribution in [0.2, 0.25) is 0 Å². The van der Waals surface area contributed by atoms with Crippen LogP contribution in [0.5, 0.6) is 0 Å². The molecule has 3 heterocycles. The fraction of sp³-hybridized carbons (Fsp3) is 0.471. The number of carbonyl (C=O) groups is 1. The van der Waals surface area contributed by atoms with Crippen LogP contribution in [-0.4, -0.2) is 40.6 Å². The molecule has 0 N–H and O–H groups in total. The molecule has 1 saturated heterocycles. The van der Waals surface area contributed by atoms with Crippen LogP contribution in [0.25, 0.3) is 0 Å². The number of hydrogen-bond donors (Lipinski definition) is 0. The zero-order valence-electron chi connectivity index (χ0n) is 13.5. The van der Waals surface area contributed by atoms with Crippen molar-refractivity contribution in [2.45, 2.75) is 32.8 Å². The van der Waals surface area contributed by atoms with Gasteiger partial charge in [-0.05, 0) is 31.0 Å². The summed E-state index contributed by atoms with van der Waals surface area (Å²) < 4.78 is 11.0. The number of aryl methyl sites for hydroxylation is 2. The van der Waals surface area contributed by atoms with E-state index in [4.69, 9.17) is 9.26 Å². The lowest BCUT2D eigenvalue weighted by molar-refractivity contribution is -0.0231. The van der Waals surface area contributed by atoms with Crippen LogP contribution in [0.15, 0.2) is 28.9 Å². The topological polar surface area (TPSA) is 68.5 Å². The predicted molar refractivity (Wildman–Crippen MR) is 84.1 cm³/mol. The third kappa shape index (κ3) is 3.59. The van der Waals surface area contributed by atoms with Gasteiger partial charge in [-0.1, -0.05) is 12.1 Å². The number of rotatable bonds is 4. The van der Waals surface area contributed by atoms with Crippen molar-refractivity contribution in [2.75, 3.05) is 19.7 Å². The lowest BCUT2D eigenvalue weighted by atomic mass is 10.1. The van der Waals surface area contributed by atoms with E-state index in [1.54, 1.807) is 17.2 Å². The predicted octanol–water partition coefficient (Wildman–Crippen LogP) is 2.54. The molecular formula is C17H21N3O3. The molecule has 0 unspecified atom stereocenters. The highest BCUT2D eigenvalue weighted by atomic mass is 16.5. The Bertz CT molecular complexity index is 683. The normalized spacial score (nSPS) is 18.2. The summed E-state index contributed by atoms with van der Waals surface area (Å²) in [6, 6.07) is 5.67. The third-order valence-corrected chi connectivity index (χ3v) is 3.92. The van der Waals surface area contributed by atoms with Gasteiger partial charge in [-0.3, -0.25) is 9.78 Å². The lowest BCUT2D eigenvalue weighted by Gasteiger charge is -2.32. The zero-order chi connectivity index (χ0) is 16.2. The van der Waals surface area contributed by atoms with Crippen LogP contribution in [-0.2, 0) is 11.2 Å². The molecule has 122 valence electrons. The van der Waals surface area contributed by atoms with E-state index in [0.29, 0.717) is 25.4 Å². The van der Waals surface area contributed by atoms with Crippen molar-refractivity contribution >= 4 is 5.91 Å². The Morgan fingerprint density at radius 1 is 1.43 bits per heavy atom. The molecule has 2 aromatic rings. The summed E-state index contributed by atoms with van der Waals surface area (Å²) in [5.41, 5.74) is 2.36. The van der Waals surface area contributed by atoms with E-state index in [2.05, 4.69) is 17.1 Å². The molecule has 0 radical (unpaired) electrons. The van der Waals surface area contributed by atoms with Gasteiger partial charge in [0, 0.05) is 30.9 Å². The van der Waals surface area contributed by atoms with Crippen molar-refractivity contribution in [1.29, 1.82) is 0 Å². The van der Waals surface area contributed by atoms with E-state index >= 15 is 0 Å². The SMILES string of the molecule is CCCc1cc(C(=O)N2CCO[C@@H](c3ccnc(C)c3)C2)no1. The zero-order valence-corrected chi connectivity index (χ0v) is 13.5. The largest absolute Gasteiger partial charge is 0.370 e. The van der Waals surface area contributed by atoms with E-state index < -0.39 is 0 Å². The molecule has 3 rings (SSSR count). The third-order valence-electron chi connectivity index (χ3n) is 3.92. The molecule has 1 aliphatic rings. The van der Waals surface area contributed by atoms with Crippen LogP contribution >= 0.6 is 0 Å². The summed E-state index contributed by atoms with van der Waals surface area (Å²) in [5.74, 6) is 0.653. The Labute approximate surface area is 135 Å². The molecule has 1 amide bonds. The smallest absolute Gasteiger partial charge is 0.276 e. The molecule has 1 fully saturated rings. The monoisotopic (exact) mass is 315 g/mol. The minimum atomic E-state index is -0.128. The standard InChI is InChI=1S/C17H21N3O3/c1-3-4-14-10-15(19-23-14)17(21)20-7-8-22-16(11-20)13-5-6-18-12(2)9-13/h5-6,9-10,16H,3-4,7-8,11H2,1-2H3/t16-/m1/s1. The molecule has 0 bridgehead atoms. The minimum absolute atomic E-state index is 0.102. The number of ether oxygens (including phenoxy) is 1. The number of amides is 1. The Hall–Kier alpha value is -2.21. The summed E-state index contributed by atoms with van der Waals surface area (Å²) in [6.07, 6.45) is 3.40. The first-order valence-electron chi connectivity index (χ1n) is 7.96. The lowest BCUT2D eigenvalue weighted by Crippen LogP contribution is -2.42. The molecule has 6 heteroatoms. The summed E-state index contributed by atoms with van der Waals surface area (Å²) in [5, 5.41) is 3.90. The maximum absolute atomic E-state index is 12.6. The first kappa shape index (κ1) is 15.7. The minimum Gasteiger partial charge on any atom is -0.370 e. The molecule has 1 atom stereocenters. The van der Waals surface area contributed by atoms with Gasteiger partial charge < -0.3 is 14.2 Å². The summed E-state index contributed by atoms with van der Waals surface area (Å²) in [7, 11) is 0. The van der Waals surface area contributed by atoms with Gasteiger partial charge in [-0.25, -0.2) is 0 Å². The molecule has 0 aromatic carbocycles. The molecule has 2 aromatic heterocycles. The number of nitrogens with zero attached hydrogens (tertiary/aromatic N) is 3. The van der Waals surface area contributed by atoms with Gasteiger partial charge in [-0.2, -0.15) is 0 Å². The molecule has 0 aliphatic carbocycles. The maximum Gasteiger partial charge on any atom is 0.276 e. The first-order valence-corrected chi connectivity index (χ1v) is 7.96. The Kier molecular flexibility index (Phi) is 4.71. The average Bonchev–Trinajstić information content (AvgIpc) is 3.03. The van der Waals surface area contributed by atoms with Gasteiger partial charge in [0.1, 0.15) is 11.9 Å². The molecule has 1 aliphatic heterocycles. The number of hydrogen-bond acceptors (Lipinski definition) is 5. The highest BCUT2D eigenvalue weighted by molar-refractivity contribution is 5.92. The van der Waals surface area contributed by atoms with Gasteiger partial charge in [0.15, 0.2) is 5.69 Å². The summed E-state index contributed by atoms with van der Waals surface area (Å²) in [6.45, 7) is 5.60. The van der Waals surface area contributed by atoms with Crippen molar-refractivity contribution in [3.05, 3.63) is 47.1 Å². The Balaban J connectivity index is 1.71. The number of pyridine rings is 1. The first-order chi connectivity index (χ1) is 11.2. The highest BCUT2D eigenvalue weighted by Gasteiger charge is 2.28. The Morgan fingerprint density at radius 2 is 2.30 bits per heavy atom. The fourth-order valence-corrected chi connectivity index (χ4v) is 2.74. The van der Waals surface area contributed by atoms with Crippen LogP contribution in [0, 0.1) is 6.92 Å². The van der Waals surface area contributed by atoms with E-state index in [1.165, 1.54) is 0 Å². The van der Waals surface area contributed by atoms with Gasteiger partial charge in [0.2, 0.25) is 0 Å². The van der Waals surface area contributed by atoms with Crippen molar-refractivity contribution < 1.29 is 14.1 Å². The second-order valence-corrected chi connectivity index (χ2v) is 5.77. The van der Waals surface area contributed by atoms with Crippen molar-refractivity contribution in [3.63, 3.8) is 0 Å². The van der Waals surface area contributed by atoms with E-state index in [-0.39, 0.29) is 12.0 Å². The molecule has 0 spiro atoms. The number of carbonyl (C=O) groups excluding carboxylic acids is 1. The van der Waals surface area contributed by atoms with Crippen molar-refractivity contribution in [2.24, 2.45) is 0 Å². The molecular weight excluding hydrogens is 294 g/mol. The molecule has 0 saturated carbocycles. The van der Waals surface area contributed by atoms with Crippen molar-refractivity contribution in [3.8, 4) is 0 Å². The average molecular weight is 315 g/mol. The molecule has 23 heavy (non-hydrogen) atoms. The quantitative estimate of drug-likeness (QED) is 0.867. The van der Waals surface area contributed by atoms with E-state index in [0.717, 1.165) is 29.9 Å². The Morgan fingerprint density at radius 3 is 3.09 bits per heavy atom. The van der Waals surface area contributed by atoms with Crippen molar-refractivity contribution in [1.82, 2.24) is 15.0 Å². The van der Waals surface area contributed by atoms with Crippen LogP contribution in [0.4, 0.5) is 0 Å². The van der Waals surface area contributed by atoms with E-state index in [9.17, 15) is 4.79 Å². The maximum atomic E-state index is 12.6.